The molecule has 0 unspecified atom stereocenters. The highest BCUT2D eigenvalue weighted by atomic mass is 16.5. The fourth-order valence-corrected chi connectivity index (χ4v) is 4.33. The topological polar surface area (TPSA) is 72.5 Å². The average molecular weight is 422 g/mol. The Hall–Kier alpha value is -3.29. The third kappa shape index (κ3) is 4.15. The molecule has 164 valence electrons. The summed E-state index contributed by atoms with van der Waals surface area (Å²) in [6, 6.07) is 10.4. The van der Waals surface area contributed by atoms with Crippen LogP contribution in [-0.4, -0.2) is 51.4 Å². The third-order valence-electron chi connectivity index (χ3n) is 5.94. The van der Waals surface area contributed by atoms with Crippen LogP contribution in [0.5, 0.6) is 5.75 Å². The van der Waals surface area contributed by atoms with Gasteiger partial charge in [-0.15, -0.1) is 10.2 Å². The van der Waals surface area contributed by atoms with Crippen molar-refractivity contribution in [3.63, 3.8) is 0 Å². The summed E-state index contributed by atoms with van der Waals surface area (Å²) in [7, 11) is 5.56. The summed E-state index contributed by atoms with van der Waals surface area (Å²) in [6.07, 6.45) is 2.17. The van der Waals surface area contributed by atoms with Crippen LogP contribution in [0.2, 0.25) is 0 Å². The molecule has 4 rings (SSSR count). The van der Waals surface area contributed by atoms with E-state index in [1.165, 1.54) is 17.0 Å². The van der Waals surface area contributed by atoms with Crippen LogP contribution in [0.25, 0.3) is 5.69 Å². The van der Waals surface area contributed by atoms with Gasteiger partial charge in [0, 0.05) is 50.7 Å². The second-order valence-electron chi connectivity index (χ2n) is 7.97. The van der Waals surface area contributed by atoms with E-state index in [-0.39, 0.29) is 0 Å². The number of benzene rings is 1. The standard InChI is InChI=1S/C23H31N7O/c1-16-13-18(17(2)30(16)19-8-10-20(31-5)11-9-19)15-28(4)23(24-3)25-14-22-27-26-21-7-6-12-29(21)22/h8-11,13H,6-7,12,14-15H2,1-5H3,(H,24,25). The zero-order valence-corrected chi connectivity index (χ0v) is 19.0. The lowest BCUT2D eigenvalue weighted by atomic mass is 10.2. The monoisotopic (exact) mass is 421 g/mol. The minimum atomic E-state index is 0.620. The van der Waals surface area contributed by atoms with E-state index < -0.39 is 0 Å². The van der Waals surface area contributed by atoms with Gasteiger partial charge in [-0.2, -0.15) is 0 Å². The average Bonchev–Trinajstić information content (AvgIpc) is 3.45. The van der Waals surface area contributed by atoms with Gasteiger partial charge in [0.1, 0.15) is 11.6 Å². The van der Waals surface area contributed by atoms with Crippen LogP contribution in [0, 0.1) is 13.8 Å². The van der Waals surface area contributed by atoms with Crippen molar-refractivity contribution in [1.29, 1.82) is 0 Å². The summed E-state index contributed by atoms with van der Waals surface area (Å²) in [4.78, 5) is 6.61. The Kier molecular flexibility index (Phi) is 5.97. The van der Waals surface area contributed by atoms with Crippen LogP contribution in [0.1, 0.15) is 35.0 Å². The minimum Gasteiger partial charge on any atom is -0.497 e. The van der Waals surface area contributed by atoms with Crippen molar-refractivity contribution < 1.29 is 4.74 Å². The van der Waals surface area contributed by atoms with Crippen LogP contribution >= 0.6 is 0 Å². The van der Waals surface area contributed by atoms with Crippen LogP contribution in [0.15, 0.2) is 35.3 Å². The molecule has 1 aromatic carbocycles. The first-order valence-electron chi connectivity index (χ1n) is 10.7. The highest BCUT2D eigenvalue weighted by Crippen LogP contribution is 2.23. The Bertz CT molecular complexity index is 1080. The minimum absolute atomic E-state index is 0.620. The predicted octanol–water partition coefficient (Wildman–Crippen LogP) is 2.85. The molecule has 3 heterocycles. The molecule has 0 fully saturated rings. The molecule has 3 aromatic rings. The molecule has 8 heteroatoms. The lowest BCUT2D eigenvalue weighted by Crippen LogP contribution is -2.38. The molecule has 1 aliphatic heterocycles. The molecule has 0 saturated heterocycles. The number of ether oxygens (including phenoxy) is 1. The smallest absolute Gasteiger partial charge is 0.194 e. The number of aliphatic imine (C=N–C) groups is 1. The summed E-state index contributed by atoms with van der Waals surface area (Å²) >= 11 is 0. The van der Waals surface area contributed by atoms with Crippen LogP contribution in [-0.2, 0) is 26.1 Å². The lowest BCUT2D eigenvalue weighted by molar-refractivity contribution is 0.414. The predicted molar refractivity (Wildman–Crippen MR) is 122 cm³/mol. The summed E-state index contributed by atoms with van der Waals surface area (Å²) in [5.74, 6) is 3.76. The van der Waals surface area contributed by atoms with Gasteiger partial charge in [0.2, 0.25) is 0 Å². The zero-order chi connectivity index (χ0) is 22.0. The molecule has 0 saturated carbocycles. The van der Waals surface area contributed by atoms with Gasteiger partial charge in [-0.1, -0.05) is 0 Å². The molecule has 1 N–H and O–H groups in total. The van der Waals surface area contributed by atoms with Gasteiger partial charge in [0.15, 0.2) is 11.8 Å². The number of guanidine groups is 1. The fraction of sp³-hybridized carbons (Fsp3) is 0.435. The van der Waals surface area contributed by atoms with Crippen LogP contribution in [0.3, 0.4) is 0 Å². The third-order valence-corrected chi connectivity index (χ3v) is 5.94. The number of nitrogens with one attached hydrogen (secondary N) is 1. The van der Waals surface area contributed by atoms with Gasteiger partial charge >= 0.3 is 0 Å². The second-order valence-corrected chi connectivity index (χ2v) is 7.97. The number of methoxy groups -OCH3 is 1. The highest BCUT2D eigenvalue weighted by Gasteiger charge is 2.18. The van der Waals surface area contributed by atoms with Crippen molar-refractivity contribution in [1.82, 2.24) is 29.5 Å². The van der Waals surface area contributed by atoms with E-state index in [9.17, 15) is 0 Å². The van der Waals surface area contributed by atoms with Crippen LogP contribution in [0.4, 0.5) is 0 Å². The van der Waals surface area contributed by atoms with Crippen molar-refractivity contribution in [2.75, 3.05) is 21.2 Å². The number of nitrogens with zero attached hydrogens (tertiary/aromatic N) is 6. The molecule has 0 bridgehead atoms. The number of fused-ring (bicyclic) bond motifs is 1. The number of aromatic nitrogens is 4. The number of aryl methyl sites for hydroxylation is 2. The Morgan fingerprint density at radius 1 is 1.23 bits per heavy atom. The maximum atomic E-state index is 5.29. The van der Waals surface area contributed by atoms with Gasteiger partial charge in [-0.25, -0.2) is 0 Å². The summed E-state index contributed by atoms with van der Waals surface area (Å²) < 4.78 is 9.78. The maximum absolute atomic E-state index is 5.29. The van der Waals surface area contributed by atoms with E-state index in [0.29, 0.717) is 6.54 Å². The lowest BCUT2D eigenvalue weighted by Gasteiger charge is -2.22. The first-order valence-corrected chi connectivity index (χ1v) is 10.7. The first-order chi connectivity index (χ1) is 15.0. The Morgan fingerprint density at radius 3 is 2.71 bits per heavy atom. The van der Waals surface area contributed by atoms with Crippen molar-refractivity contribution in [3.8, 4) is 11.4 Å². The van der Waals surface area contributed by atoms with E-state index in [1.54, 1.807) is 7.11 Å². The van der Waals surface area contributed by atoms with Crippen LogP contribution < -0.4 is 10.1 Å². The van der Waals surface area contributed by atoms with E-state index in [1.807, 2.05) is 19.2 Å². The van der Waals surface area contributed by atoms with Gasteiger partial charge < -0.3 is 24.1 Å². The molecular formula is C23H31N7O. The molecule has 0 atom stereocenters. The maximum Gasteiger partial charge on any atom is 0.194 e. The molecule has 31 heavy (non-hydrogen) atoms. The van der Waals surface area contributed by atoms with Crippen molar-refractivity contribution >= 4 is 5.96 Å². The largest absolute Gasteiger partial charge is 0.497 e. The Balaban J connectivity index is 1.46. The summed E-state index contributed by atoms with van der Waals surface area (Å²) in [5, 5.41) is 12.1. The van der Waals surface area contributed by atoms with Gasteiger partial charge in [0.25, 0.3) is 0 Å². The Labute approximate surface area is 183 Å². The quantitative estimate of drug-likeness (QED) is 0.489. The fourth-order valence-electron chi connectivity index (χ4n) is 4.33. The molecule has 1 aliphatic rings. The summed E-state index contributed by atoms with van der Waals surface area (Å²) in [5.41, 5.74) is 4.82. The second kappa shape index (κ2) is 8.83. The van der Waals surface area contributed by atoms with E-state index >= 15 is 0 Å². The van der Waals surface area contributed by atoms with Crippen molar-refractivity contribution in [2.24, 2.45) is 4.99 Å². The Morgan fingerprint density at radius 2 is 2.00 bits per heavy atom. The molecule has 0 radical (unpaired) electrons. The van der Waals surface area contributed by atoms with Gasteiger partial charge in [-0.3, -0.25) is 4.99 Å². The van der Waals surface area contributed by atoms with Gasteiger partial charge in [0.05, 0.1) is 13.7 Å². The molecule has 0 amide bonds. The van der Waals surface area contributed by atoms with Gasteiger partial charge in [-0.05, 0) is 56.2 Å². The molecule has 8 nitrogen and oxygen atoms in total. The first kappa shape index (κ1) is 21.0. The summed E-state index contributed by atoms with van der Waals surface area (Å²) in [6.45, 7) is 6.68. The number of hydrogen-bond donors (Lipinski definition) is 1. The SMILES string of the molecule is CN=C(NCc1nnc2n1CCC2)N(C)Cc1cc(C)n(-c2ccc(OC)cc2)c1C. The van der Waals surface area contributed by atoms with Crippen molar-refractivity contribution in [2.45, 2.75) is 46.3 Å². The molecule has 0 aliphatic carbocycles. The van der Waals surface area contributed by atoms with E-state index in [4.69, 9.17) is 4.74 Å². The van der Waals surface area contributed by atoms with Crippen molar-refractivity contribution in [3.05, 3.63) is 58.9 Å². The van der Waals surface area contributed by atoms with E-state index in [2.05, 4.69) is 73.6 Å². The molecule has 2 aromatic heterocycles. The number of hydrogen-bond acceptors (Lipinski definition) is 4. The zero-order valence-electron chi connectivity index (χ0n) is 19.0. The number of rotatable bonds is 6. The molecular weight excluding hydrogens is 390 g/mol. The normalized spacial score (nSPS) is 13.4. The van der Waals surface area contributed by atoms with E-state index in [0.717, 1.165) is 55.0 Å². The molecule has 0 spiro atoms. The highest BCUT2D eigenvalue weighted by molar-refractivity contribution is 5.79.